The van der Waals surface area contributed by atoms with Crippen molar-refractivity contribution in [3.8, 4) is 0 Å². The van der Waals surface area contributed by atoms with E-state index in [4.69, 9.17) is 5.73 Å². The maximum atomic E-state index is 5.58. The van der Waals surface area contributed by atoms with Crippen LogP contribution in [-0.4, -0.2) is 0 Å². The molecule has 0 saturated carbocycles. The van der Waals surface area contributed by atoms with Crippen molar-refractivity contribution in [1.82, 2.24) is 0 Å². The van der Waals surface area contributed by atoms with Gasteiger partial charge in [0.2, 0.25) is 0 Å². The third-order valence-corrected chi connectivity index (χ3v) is 2.30. The van der Waals surface area contributed by atoms with E-state index in [2.05, 4.69) is 27.4 Å². The first-order valence-corrected chi connectivity index (χ1v) is 4.98. The lowest BCUT2D eigenvalue weighted by Crippen LogP contribution is -2.06. The molecule has 2 N–H and O–H groups in total. The Labute approximate surface area is 77.0 Å². The van der Waals surface area contributed by atoms with Gasteiger partial charge in [0.25, 0.3) is 0 Å². The fraction of sp³-hybridized carbons (Fsp3) is 0.818. The van der Waals surface area contributed by atoms with E-state index < -0.39 is 0 Å². The van der Waals surface area contributed by atoms with Crippen LogP contribution >= 0.6 is 0 Å². The lowest BCUT2D eigenvalue weighted by molar-refractivity contribution is 0.492. The van der Waals surface area contributed by atoms with Crippen molar-refractivity contribution in [2.45, 2.75) is 46.5 Å². The SMILES string of the molecule is C=C(N)C(C)CCCCC(C)C. The second-order valence-corrected chi connectivity index (χ2v) is 4.15. The van der Waals surface area contributed by atoms with Gasteiger partial charge in [0.15, 0.2) is 0 Å². The summed E-state index contributed by atoms with van der Waals surface area (Å²) in [5.74, 6) is 1.33. The van der Waals surface area contributed by atoms with Crippen molar-refractivity contribution >= 4 is 0 Å². The van der Waals surface area contributed by atoms with Gasteiger partial charge in [-0.25, -0.2) is 0 Å². The van der Waals surface area contributed by atoms with Gasteiger partial charge in [0, 0.05) is 5.70 Å². The van der Waals surface area contributed by atoms with E-state index in [1.807, 2.05) is 0 Å². The Morgan fingerprint density at radius 2 is 1.67 bits per heavy atom. The van der Waals surface area contributed by atoms with Crippen LogP contribution in [0.2, 0.25) is 0 Å². The van der Waals surface area contributed by atoms with E-state index in [1.165, 1.54) is 25.7 Å². The molecule has 0 amide bonds. The van der Waals surface area contributed by atoms with Crippen LogP contribution in [-0.2, 0) is 0 Å². The van der Waals surface area contributed by atoms with Crippen molar-refractivity contribution in [3.63, 3.8) is 0 Å². The molecule has 0 bridgehead atoms. The Bertz CT molecular complexity index is 127. The molecule has 1 unspecified atom stereocenters. The molecule has 0 aromatic carbocycles. The molecular weight excluding hydrogens is 146 g/mol. The lowest BCUT2D eigenvalue weighted by Gasteiger charge is -2.10. The van der Waals surface area contributed by atoms with Gasteiger partial charge < -0.3 is 5.73 Å². The summed E-state index contributed by atoms with van der Waals surface area (Å²) in [4.78, 5) is 0. The fourth-order valence-electron chi connectivity index (χ4n) is 1.19. The zero-order chi connectivity index (χ0) is 9.56. The highest BCUT2D eigenvalue weighted by atomic mass is 14.6. The molecule has 0 aromatic rings. The monoisotopic (exact) mass is 169 g/mol. The number of allylic oxidation sites excluding steroid dienone is 1. The molecule has 12 heavy (non-hydrogen) atoms. The molecule has 0 aliphatic heterocycles. The molecule has 72 valence electrons. The van der Waals surface area contributed by atoms with Crippen molar-refractivity contribution in [2.24, 2.45) is 17.6 Å². The molecule has 0 radical (unpaired) electrons. The molecule has 1 nitrogen and oxygen atoms in total. The van der Waals surface area contributed by atoms with E-state index in [0.717, 1.165) is 11.6 Å². The topological polar surface area (TPSA) is 26.0 Å². The first-order chi connectivity index (χ1) is 5.54. The molecule has 0 spiro atoms. The van der Waals surface area contributed by atoms with Crippen LogP contribution in [0.3, 0.4) is 0 Å². The fourth-order valence-corrected chi connectivity index (χ4v) is 1.19. The van der Waals surface area contributed by atoms with Crippen LogP contribution in [0.1, 0.15) is 46.5 Å². The van der Waals surface area contributed by atoms with Crippen molar-refractivity contribution in [1.29, 1.82) is 0 Å². The molecule has 0 rings (SSSR count). The first kappa shape index (κ1) is 11.5. The molecule has 0 aliphatic carbocycles. The third kappa shape index (κ3) is 6.26. The molecule has 0 heterocycles. The summed E-state index contributed by atoms with van der Waals surface area (Å²) in [6.45, 7) is 10.4. The number of hydrogen-bond donors (Lipinski definition) is 1. The van der Waals surface area contributed by atoms with Crippen LogP contribution in [0.25, 0.3) is 0 Å². The van der Waals surface area contributed by atoms with Crippen LogP contribution in [0.15, 0.2) is 12.3 Å². The Morgan fingerprint density at radius 3 is 2.08 bits per heavy atom. The minimum absolute atomic E-state index is 0.497. The summed E-state index contributed by atoms with van der Waals surface area (Å²) in [5, 5.41) is 0. The van der Waals surface area contributed by atoms with Gasteiger partial charge in [0.05, 0.1) is 0 Å². The molecule has 0 aliphatic rings. The predicted molar refractivity (Wildman–Crippen MR) is 55.8 cm³/mol. The molecule has 0 aromatic heterocycles. The van der Waals surface area contributed by atoms with Crippen LogP contribution < -0.4 is 5.73 Å². The number of hydrogen-bond acceptors (Lipinski definition) is 1. The van der Waals surface area contributed by atoms with Crippen LogP contribution in [0.5, 0.6) is 0 Å². The Hall–Kier alpha value is -0.460. The summed E-state index contributed by atoms with van der Waals surface area (Å²) in [6.07, 6.45) is 5.15. The maximum Gasteiger partial charge on any atom is 0.00362 e. The summed E-state index contributed by atoms with van der Waals surface area (Å²) >= 11 is 0. The maximum absolute atomic E-state index is 5.58. The predicted octanol–water partition coefficient (Wildman–Crippen LogP) is 3.31. The van der Waals surface area contributed by atoms with Gasteiger partial charge >= 0.3 is 0 Å². The largest absolute Gasteiger partial charge is 0.402 e. The van der Waals surface area contributed by atoms with Gasteiger partial charge in [-0.2, -0.15) is 0 Å². The normalized spacial score (nSPS) is 13.3. The average Bonchev–Trinajstić information content (AvgIpc) is 1.97. The second-order valence-electron chi connectivity index (χ2n) is 4.15. The second kappa shape index (κ2) is 6.10. The quantitative estimate of drug-likeness (QED) is 0.606. The molecule has 1 heteroatoms. The summed E-state index contributed by atoms with van der Waals surface area (Å²) < 4.78 is 0. The van der Waals surface area contributed by atoms with Crippen molar-refractivity contribution in [2.75, 3.05) is 0 Å². The van der Waals surface area contributed by atoms with E-state index in [1.54, 1.807) is 0 Å². The third-order valence-electron chi connectivity index (χ3n) is 2.30. The number of unbranched alkanes of at least 4 members (excludes halogenated alkanes) is 1. The van der Waals surface area contributed by atoms with Gasteiger partial charge in [-0.05, 0) is 18.3 Å². The van der Waals surface area contributed by atoms with Gasteiger partial charge in [-0.15, -0.1) is 0 Å². The number of rotatable bonds is 6. The molecule has 1 atom stereocenters. The zero-order valence-corrected chi connectivity index (χ0v) is 8.77. The Morgan fingerprint density at radius 1 is 1.17 bits per heavy atom. The smallest absolute Gasteiger partial charge is 0.00362 e. The van der Waals surface area contributed by atoms with E-state index in [-0.39, 0.29) is 0 Å². The van der Waals surface area contributed by atoms with Crippen LogP contribution in [0, 0.1) is 11.8 Å². The number of nitrogens with two attached hydrogens (primary N) is 1. The van der Waals surface area contributed by atoms with E-state index in [0.29, 0.717) is 5.92 Å². The summed E-state index contributed by atoms with van der Waals surface area (Å²) in [7, 11) is 0. The highest BCUT2D eigenvalue weighted by Crippen LogP contribution is 2.15. The van der Waals surface area contributed by atoms with Gasteiger partial charge in [-0.1, -0.05) is 46.6 Å². The summed E-state index contributed by atoms with van der Waals surface area (Å²) in [5.41, 5.74) is 6.42. The highest BCUT2D eigenvalue weighted by molar-refractivity contribution is 4.91. The Balaban J connectivity index is 3.25. The van der Waals surface area contributed by atoms with Crippen molar-refractivity contribution < 1.29 is 0 Å². The zero-order valence-electron chi connectivity index (χ0n) is 8.77. The van der Waals surface area contributed by atoms with E-state index >= 15 is 0 Å². The molecule has 0 saturated heterocycles. The summed E-state index contributed by atoms with van der Waals surface area (Å²) in [6, 6.07) is 0. The van der Waals surface area contributed by atoms with Crippen LogP contribution in [0.4, 0.5) is 0 Å². The first-order valence-electron chi connectivity index (χ1n) is 4.98. The molecular formula is C11H23N. The highest BCUT2D eigenvalue weighted by Gasteiger charge is 2.02. The molecule has 0 fully saturated rings. The van der Waals surface area contributed by atoms with E-state index in [9.17, 15) is 0 Å². The standard InChI is InChI=1S/C11H23N/c1-9(2)7-5-6-8-10(3)11(4)12/h9-10H,4-8,12H2,1-3H3. The van der Waals surface area contributed by atoms with Gasteiger partial charge in [0.1, 0.15) is 0 Å². The van der Waals surface area contributed by atoms with Crippen molar-refractivity contribution in [3.05, 3.63) is 12.3 Å². The van der Waals surface area contributed by atoms with Gasteiger partial charge in [-0.3, -0.25) is 0 Å². The average molecular weight is 169 g/mol. The Kier molecular flexibility index (Phi) is 5.87. The minimum Gasteiger partial charge on any atom is -0.402 e. The minimum atomic E-state index is 0.497. The lowest BCUT2D eigenvalue weighted by atomic mass is 9.98.